The van der Waals surface area contributed by atoms with E-state index in [4.69, 9.17) is 9.84 Å². The van der Waals surface area contributed by atoms with Gasteiger partial charge in [0.1, 0.15) is 6.23 Å². The summed E-state index contributed by atoms with van der Waals surface area (Å²) in [4.78, 5) is 36.4. The van der Waals surface area contributed by atoms with Gasteiger partial charge in [-0.15, -0.1) is 0 Å². The predicted molar refractivity (Wildman–Crippen MR) is 103 cm³/mol. The topological polar surface area (TPSA) is 172 Å². The van der Waals surface area contributed by atoms with Crippen LogP contribution in [0, 0.1) is 0 Å². The van der Waals surface area contributed by atoms with E-state index < -0.39 is 24.1 Å². The van der Waals surface area contributed by atoms with Crippen LogP contribution in [0.1, 0.15) is 26.0 Å². The van der Waals surface area contributed by atoms with E-state index in [0.717, 1.165) is 0 Å². The van der Waals surface area contributed by atoms with Crippen molar-refractivity contribution in [2.24, 2.45) is 0 Å². The van der Waals surface area contributed by atoms with Gasteiger partial charge in [-0.25, -0.2) is 24.5 Å². The Morgan fingerprint density at radius 3 is 2.76 bits per heavy atom. The van der Waals surface area contributed by atoms with Crippen molar-refractivity contribution in [3.8, 4) is 0 Å². The summed E-state index contributed by atoms with van der Waals surface area (Å²) in [5, 5.41) is 32.9. The van der Waals surface area contributed by atoms with Gasteiger partial charge in [0.2, 0.25) is 0 Å². The van der Waals surface area contributed by atoms with Crippen LogP contribution in [0.3, 0.4) is 0 Å². The number of ether oxygens (including phenoxy) is 1. The number of carbonyl (C=O) groups excluding carboxylic acids is 1. The van der Waals surface area contributed by atoms with Gasteiger partial charge in [-0.05, 0) is 26.0 Å². The van der Waals surface area contributed by atoms with Gasteiger partial charge in [0.05, 0.1) is 25.1 Å². The molecule has 12 nitrogen and oxygen atoms in total. The van der Waals surface area contributed by atoms with Gasteiger partial charge in [-0.3, -0.25) is 9.88 Å². The maximum Gasteiger partial charge on any atom is 0.328 e. The van der Waals surface area contributed by atoms with Crippen LogP contribution in [0.15, 0.2) is 11.5 Å². The highest BCUT2D eigenvalue weighted by Gasteiger charge is 2.29. The van der Waals surface area contributed by atoms with Crippen LogP contribution in [0.25, 0.3) is 11.2 Å². The minimum absolute atomic E-state index is 0.0742. The maximum absolute atomic E-state index is 12.3. The lowest BCUT2D eigenvalue weighted by molar-refractivity contribution is -0.141. The zero-order valence-electron chi connectivity index (χ0n) is 15.8. The molecular weight excluding hydrogens is 404 g/mol. The second-order valence-electron chi connectivity index (χ2n) is 6.51. The average molecular weight is 426 g/mol. The summed E-state index contributed by atoms with van der Waals surface area (Å²) in [6.45, 7) is 1.19. The van der Waals surface area contributed by atoms with Gasteiger partial charge >= 0.3 is 12.0 Å². The number of aromatic nitrogens is 4. The van der Waals surface area contributed by atoms with Crippen molar-refractivity contribution >= 4 is 40.7 Å². The molecule has 0 aromatic carbocycles. The van der Waals surface area contributed by atoms with Crippen molar-refractivity contribution in [1.82, 2.24) is 24.8 Å². The van der Waals surface area contributed by atoms with Crippen molar-refractivity contribution in [3.63, 3.8) is 0 Å². The first kappa shape index (κ1) is 21.2. The monoisotopic (exact) mass is 426 g/mol. The summed E-state index contributed by atoms with van der Waals surface area (Å²) < 4.78 is 7.49. The van der Waals surface area contributed by atoms with Crippen LogP contribution in [0.4, 0.5) is 10.6 Å². The van der Waals surface area contributed by atoms with E-state index in [0.29, 0.717) is 29.2 Å². The summed E-state index contributed by atoms with van der Waals surface area (Å²) in [5.41, 5.74) is 0.742. The molecule has 0 radical (unpaired) electrons. The number of amides is 2. The fraction of sp³-hybridized carbons (Fsp3) is 0.562. The van der Waals surface area contributed by atoms with Gasteiger partial charge in [0.25, 0.3) is 0 Å². The SMILES string of the molecule is CSc1nc(NC(=O)NC(C(=O)O)C(C)O)c2ncn(C3CCC(CO)O3)c2n1. The van der Waals surface area contributed by atoms with E-state index in [9.17, 15) is 19.8 Å². The molecule has 2 aromatic rings. The van der Waals surface area contributed by atoms with Crippen molar-refractivity contribution < 1.29 is 29.6 Å². The van der Waals surface area contributed by atoms with Crippen LogP contribution >= 0.6 is 11.8 Å². The van der Waals surface area contributed by atoms with Gasteiger partial charge in [0.15, 0.2) is 28.2 Å². The molecule has 1 aliphatic heterocycles. The van der Waals surface area contributed by atoms with Crippen LogP contribution < -0.4 is 10.6 Å². The molecule has 4 atom stereocenters. The Bertz CT molecular complexity index is 905. The van der Waals surface area contributed by atoms with Crippen LogP contribution in [-0.4, -0.2) is 78.0 Å². The number of nitrogens with zero attached hydrogens (tertiary/aromatic N) is 4. The van der Waals surface area contributed by atoms with Crippen molar-refractivity contribution in [3.05, 3.63) is 6.33 Å². The molecule has 3 rings (SSSR count). The third-order valence-electron chi connectivity index (χ3n) is 4.45. The Morgan fingerprint density at radius 2 is 2.17 bits per heavy atom. The molecule has 1 aliphatic rings. The lowest BCUT2D eigenvalue weighted by Crippen LogP contribution is -2.49. The molecule has 0 aliphatic carbocycles. The summed E-state index contributed by atoms with van der Waals surface area (Å²) in [6.07, 6.45) is 2.77. The highest BCUT2D eigenvalue weighted by molar-refractivity contribution is 7.98. The van der Waals surface area contributed by atoms with E-state index >= 15 is 0 Å². The van der Waals surface area contributed by atoms with Crippen LogP contribution in [0.5, 0.6) is 0 Å². The molecular formula is C16H22N6O6S. The number of anilines is 1. The number of aliphatic carboxylic acids is 1. The number of rotatable bonds is 7. The molecule has 13 heteroatoms. The highest BCUT2D eigenvalue weighted by atomic mass is 32.2. The number of hydrogen-bond acceptors (Lipinski definition) is 9. The molecule has 0 bridgehead atoms. The fourth-order valence-corrected chi connectivity index (χ4v) is 3.35. The number of hydrogen-bond donors (Lipinski definition) is 5. The number of aliphatic hydroxyl groups is 2. The van der Waals surface area contributed by atoms with E-state index in [1.807, 2.05) is 0 Å². The summed E-state index contributed by atoms with van der Waals surface area (Å²) in [5.74, 6) is -1.27. The number of imidazole rings is 1. The molecule has 0 spiro atoms. The quantitative estimate of drug-likeness (QED) is 0.303. The van der Waals surface area contributed by atoms with Crippen molar-refractivity contribution in [2.75, 3.05) is 18.2 Å². The van der Waals surface area contributed by atoms with Crippen molar-refractivity contribution in [1.29, 1.82) is 0 Å². The largest absolute Gasteiger partial charge is 0.480 e. The second kappa shape index (κ2) is 8.90. The molecule has 1 fully saturated rings. The third kappa shape index (κ3) is 4.58. The highest BCUT2D eigenvalue weighted by Crippen LogP contribution is 2.32. The molecule has 5 N–H and O–H groups in total. The first-order valence-electron chi connectivity index (χ1n) is 8.87. The first-order chi connectivity index (χ1) is 13.8. The smallest absolute Gasteiger partial charge is 0.328 e. The average Bonchev–Trinajstić information content (AvgIpc) is 3.31. The van der Waals surface area contributed by atoms with Crippen molar-refractivity contribution in [2.45, 2.75) is 49.4 Å². The number of nitrogens with one attached hydrogen (secondary N) is 2. The number of carboxylic acids is 1. The van der Waals surface area contributed by atoms with E-state index in [-0.39, 0.29) is 24.8 Å². The molecule has 2 amide bonds. The Balaban J connectivity index is 1.88. The first-order valence-corrected chi connectivity index (χ1v) is 10.1. The maximum atomic E-state index is 12.3. The van der Waals surface area contributed by atoms with Crippen LogP contribution in [0.2, 0.25) is 0 Å². The number of carbonyl (C=O) groups is 2. The predicted octanol–water partition coefficient (Wildman–Crippen LogP) is 0.174. The number of carboxylic acid groups (broad SMARTS) is 1. The minimum Gasteiger partial charge on any atom is -0.480 e. The molecule has 0 saturated carbocycles. The molecule has 2 aromatic heterocycles. The second-order valence-corrected chi connectivity index (χ2v) is 7.28. The Labute approximate surface area is 169 Å². The van der Waals surface area contributed by atoms with Crippen LogP contribution in [-0.2, 0) is 9.53 Å². The normalized spacial score (nSPS) is 21.1. The lowest BCUT2D eigenvalue weighted by Gasteiger charge is -2.17. The lowest BCUT2D eigenvalue weighted by atomic mass is 10.2. The van der Waals surface area contributed by atoms with Gasteiger partial charge in [-0.2, -0.15) is 0 Å². The minimum atomic E-state index is -1.48. The Hall–Kier alpha value is -2.48. The molecule has 1 saturated heterocycles. The molecule has 4 unspecified atom stereocenters. The summed E-state index contributed by atoms with van der Waals surface area (Å²) in [6, 6.07) is -2.33. The van der Waals surface area contributed by atoms with Gasteiger partial charge in [-0.1, -0.05) is 11.8 Å². The number of urea groups is 1. The number of aliphatic hydroxyl groups excluding tert-OH is 2. The number of fused-ring (bicyclic) bond motifs is 1. The molecule has 158 valence electrons. The fourth-order valence-electron chi connectivity index (χ4n) is 2.98. The Morgan fingerprint density at radius 1 is 1.41 bits per heavy atom. The van der Waals surface area contributed by atoms with E-state index in [1.165, 1.54) is 25.0 Å². The number of thioether (sulfide) groups is 1. The third-order valence-corrected chi connectivity index (χ3v) is 5.00. The summed E-state index contributed by atoms with van der Waals surface area (Å²) >= 11 is 1.26. The molecule has 29 heavy (non-hydrogen) atoms. The standard InChI is InChI=1S/C16H22N6O6S/c1-7(24)10(14(25)26)18-15(27)19-12-11-13(21-16(20-12)29-2)22(6-17-11)9-4-3-8(5-23)28-9/h6-10,23-24H,3-5H2,1-2H3,(H,25,26)(H2,18,19,20,21,27). The van der Waals surface area contributed by atoms with Gasteiger partial charge < -0.3 is 25.4 Å². The summed E-state index contributed by atoms with van der Waals surface area (Å²) in [7, 11) is 0. The zero-order chi connectivity index (χ0) is 21.1. The van der Waals surface area contributed by atoms with E-state index in [1.54, 1.807) is 10.8 Å². The van der Waals surface area contributed by atoms with Gasteiger partial charge in [0, 0.05) is 0 Å². The zero-order valence-corrected chi connectivity index (χ0v) is 16.6. The Kier molecular flexibility index (Phi) is 6.52. The molecule has 3 heterocycles. The van der Waals surface area contributed by atoms with E-state index in [2.05, 4.69) is 25.6 Å².